The van der Waals surface area contributed by atoms with Crippen molar-refractivity contribution in [1.82, 2.24) is 5.32 Å². The van der Waals surface area contributed by atoms with Crippen LogP contribution in [-0.4, -0.2) is 37.5 Å². The van der Waals surface area contributed by atoms with E-state index in [1.165, 1.54) is 7.11 Å². The van der Waals surface area contributed by atoms with E-state index in [0.29, 0.717) is 26.1 Å². The Morgan fingerprint density at radius 1 is 1.30 bits per heavy atom. The van der Waals surface area contributed by atoms with Crippen molar-refractivity contribution in [2.45, 2.75) is 30.5 Å². The quantitative estimate of drug-likeness (QED) is 0.860. The Bertz CT molecular complexity index is 511. The fourth-order valence-corrected chi connectivity index (χ4v) is 3.25. The van der Waals surface area contributed by atoms with Crippen molar-refractivity contribution < 1.29 is 23.4 Å². The van der Waals surface area contributed by atoms with Crippen LogP contribution in [0.5, 0.6) is 5.75 Å². The number of methoxy groups -OCH3 is 1. The van der Waals surface area contributed by atoms with E-state index >= 15 is 0 Å². The molecule has 2 bridgehead atoms. The summed E-state index contributed by atoms with van der Waals surface area (Å²) in [5, 5.41) is 14.2. The molecule has 0 aromatic heterocycles. The first kappa shape index (κ1) is 13.7. The van der Waals surface area contributed by atoms with Crippen molar-refractivity contribution in [3.63, 3.8) is 0 Å². The number of hydrogen-bond acceptors (Lipinski definition) is 4. The molecule has 2 heterocycles. The van der Waals surface area contributed by atoms with E-state index in [1.54, 1.807) is 0 Å². The van der Waals surface area contributed by atoms with Crippen LogP contribution in [0.4, 0.5) is 8.78 Å². The number of fused-ring (bicyclic) bond motifs is 2. The summed E-state index contributed by atoms with van der Waals surface area (Å²) in [5.74, 6) is -1.60. The minimum absolute atomic E-state index is 0.0245. The van der Waals surface area contributed by atoms with Crippen LogP contribution < -0.4 is 10.1 Å². The second kappa shape index (κ2) is 4.95. The number of nitrogens with one attached hydrogen (secondary N) is 1. The van der Waals surface area contributed by atoms with Crippen molar-refractivity contribution in [3.05, 3.63) is 29.3 Å². The Kier molecular flexibility index (Phi) is 3.40. The smallest absolute Gasteiger partial charge is 0.168 e. The number of morpholine rings is 1. The summed E-state index contributed by atoms with van der Waals surface area (Å²) in [4.78, 5) is 0. The highest BCUT2D eigenvalue weighted by Crippen LogP contribution is 2.42. The maximum atomic E-state index is 13.8. The lowest BCUT2D eigenvalue weighted by Crippen LogP contribution is -2.58. The van der Waals surface area contributed by atoms with Gasteiger partial charge in [0.05, 0.1) is 25.9 Å². The maximum absolute atomic E-state index is 13.8. The van der Waals surface area contributed by atoms with Gasteiger partial charge in [0.15, 0.2) is 11.6 Å². The van der Waals surface area contributed by atoms with Crippen molar-refractivity contribution in [2.75, 3.05) is 20.3 Å². The molecule has 1 aromatic carbocycles. The van der Waals surface area contributed by atoms with Gasteiger partial charge in [0.2, 0.25) is 0 Å². The molecule has 3 rings (SSSR count). The van der Waals surface area contributed by atoms with Crippen molar-refractivity contribution in [3.8, 4) is 5.75 Å². The number of benzene rings is 1. The summed E-state index contributed by atoms with van der Waals surface area (Å²) < 4.78 is 37.8. The molecule has 2 aliphatic rings. The first-order chi connectivity index (χ1) is 9.51. The van der Waals surface area contributed by atoms with Crippen molar-refractivity contribution in [2.24, 2.45) is 0 Å². The van der Waals surface area contributed by atoms with E-state index in [-0.39, 0.29) is 23.4 Å². The highest BCUT2D eigenvalue weighted by atomic mass is 19.1. The topological polar surface area (TPSA) is 50.7 Å². The molecular formula is C14H17F2NO3. The first-order valence-electron chi connectivity index (χ1n) is 6.61. The normalized spacial score (nSPS) is 33.0. The molecule has 20 heavy (non-hydrogen) atoms. The first-order valence-corrected chi connectivity index (χ1v) is 6.61. The molecule has 0 saturated carbocycles. The third-order valence-corrected chi connectivity index (χ3v) is 3.99. The molecule has 2 saturated heterocycles. The molecule has 2 unspecified atom stereocenters. The molecule has 2 atom stereocenters. The number of ether oxygens (including phenoxy) is 2. The molecule has 2 aliphatic heterocycles. The summed E-state index contributed by atoms with van der Waals surface area (Å²) in [7, 11) is 1.31. The Balaban J connectivity index is 2.03. The van der Waals surface area contributed by atoms with Gasteiger partial charge in [0.1, 0.15) is 5.82 Å². The number of rotatable bonds is 2. The molecule has 4 nitrogen and oxygen atoms in total. The number of hydrogen-bond donors (Lipinski definition) is 2. The van der Waals surface area contributed by atoms with E-state index < -0.39 is 17.2 Å². The van der Waals surface area contributed by atoms with Crippen LogP contribution in [0.15, 0.2) is 12.1 Å². The minimum atomic E-state index is -1.31. The van der Waals surface area contributed by atoms with Gasteiger partial charge >= 0.3 is 0 Å². The zero-order valence-electron chi connectivity index (χ0n) is 11.2. The zero-order chi connectivity index (χ0) is 14.3. The number of piperidine rings is 1. The Morgan fingerprint density at radius 2 is 1.95 bits per heavy atom. The predicted octanol–water partition coefficient (Wildman–Crippen LogP) is 1.31. The van der Waals surface area contributed by atoms with Gasteiger partial charge in [-0.25, -0.2) is 8.78 Å². The Labute approximate surface area is 115 Å². The highest BCUT2D eigenvalue weighted by molar-refractivity contribution is 5.40. The molecule has 0 spiro atoms. The molecule has 2 fully saturated rings. The van der Waals surface area contributed by atoms with Crippen LogP contribution in [0, 0.1) is 11.6 Å². The molecule has 0 amide bonds. The summed E-state index contributed by atoms with van der Waals surface area (Å²) in [5.41, 5.74) is -1.13. The van der Waals surface area contributed by atoms with E-state index in [2.05, 4.69) is 5.32 Å². The summed E-state index contributed by atoms with van der Waals surface area (Å²) >= 11 is 0. The maximum Gasteiger partial charge on any atom is 0.168 e. The third-order valence-electron chi connectivity index (χ3n) is 3.99. The largest absolute Gasteiger partial charge is 0.493 e. The molecule has 110 valence electrons. The van der Waals surface area contributed by atoms with E-state index in [1.807, 2.05) is 0 Å². The molecule has 6 heteroatoms. The van der Waals surface area contributed by atoms with Crippen LogP contribution in [0.1, 0.15) is 18.4 Å². The Morgan fingerprint density at radius 3 is 2.55 bits per heavy atom. The molecule has 2 N–H and O–H groups in total. The van der Waals surface area contributed by atoms with Gasteiger partial charge in [-0.2, -0.15) is 0 Å². The second-order valence-corrected chi connectivity index (χ2v) is 5.51. The van der Waals surface area contributed by atoms with Gasteiger partial charge in [-0.15, -0.1) is 0 Å². The standard InChI is InChI=1S/C14H17F2NO3/c1-19-13-11(2-8(15)3-12(13)16)14(18)4-9-6-20-7-10(5-14)17-9/h2-3,9-10,17-18H,4-7H2,1H3. The van der Waals surface area contributed by atoms with Gasteiger partial charge in [0, 0.05) is 23.7 Å². The van der Waals surface area contributed by atoms with Crippen LogP contribution in [0.3, 0.4) is 0 Å². The van der Waals surface area contributed by atoms with E-state index in [0.717, 1.165) is 12.1 Å². The monoisotopic (exact) mass is 285 g/mol. The van der Waals surface area contributed by atoms with Crippen molar-refractivity contribution >= 4 is 0 Å². The van der Waals surface area contributed by atoms with Gasteiger partial charge in [0.25, 0.3) is 0 Å². The average Bonchev–Trinajstić information content (AvgIpc) is 2.37. The highest BCUT2D eigenvalue weighted by Gasteiger charge is 2.44. The lowest BCUT2D eigenvalue weighted by Gasteiger charge is -2.45. The second-order valence-electron chi connectivity index (χ2n) is 5.51. The summed E-state index contributed by atoms with van der Waals surface area (Å²) in [6, 6.07) is 1.87. The summed E-state index contributed by atoms with van der Waals surface area (Å²) in [6.45, 7) is 0.970. The van der Waals surface area contributed by atoms with Gasteiger partial charge < -0.3 is 19.9 Å². The SMILES string of the molecule is COc1c(F)cc(F)cc1C1(O)CC2COCC(C1)N2. The fourth-order valence-electron chi connectivity index (χ4n) is 3.25. The lowest BCUT2D eigenvalue weighted by molar-refractivity contribution is -0.0813. The summed E-state index contributed by atoms with van der Waals surface area (Å²) in [6.07, 6.45) is 0.672. The molecule has 1 aromatic rings. The lowest BCUT2D eigenvalue weighted by atomic mass is 9.77. The average molecular weight is 285 g/mol. The van der Waals surface area contributed by atoms with Crippen LogP contribution in [0.25, 0.3) is 0 Å². The van der Waals surface area contributed by atoms with Crippen LogP contribution in [0.2, 0.25) is 0 Å². The minimum Gasteiger partial charge on any atom is -0.493 e. The van der Waals surface area contributed by atoms with E-state index in [4.69, 9.17) is 9.47 Å². The number of halogens is 2. The van der Waals surface area contributed by atoms with Crippen molar-refractivity contribution in [1.29, 1.82) is 0 Å². The van der Waals surface area contributed by atoms with E-state index in [9.17, 15) is 13.9 Å². The fraction of sp³-hybridized carbons (Fsp3) is 0.571. The predicted molar refractivity (Wildman–Crippen MR) is 67.6 cm³/mol. The van der Waals surface area contributed by atoms with Gasteiger partial charge in [-0.3, -0.25) is 0 Å². The Hall–Kier alpha value is -1.24. The molecule has 0 radical (unpaired) electrons. The number of aliphatic hydroxyl groups is 1. The molecular weight excluding hydrogens is 268 g/mol. The molecule has 0 aliphatic carbocycles. The zero-order valence-corrected chi connectivity index (χ0v) is 11.2. The third kappa shape index (κ3) is 2.28. The van der Waals surface area contributed by atoms with Gasteiger partial charge in [-0.05, 0) is 18.9 Å². The van der Waals surface area contributed by atoms with Crippen LogP contribution in [-0.2, 0) is 10.3 Å². The van der Waals surface area contributed by atoms with Crippen LogP contribution >= 0.6 is 0 Å². The van der Waals surface area contributed by atoms with Gasteiger partial charge in [-0.1, -0.05) is 0 Å².